The normalized spacial score (nSPS) is 14.5. The first-order valence-electron chi connectivity index (χ1n) is 7.98. The van der Waals surface area contributed by atoms with Crippen LogP contribution < -0.4 is 16.0 Å². The van der Waals surface area contributed by atoms with Crippen molar-refractivity contribution in [1.29, 1.82) is 0 Å². The van der Waals surface area contributed by atoms with Gasteiger partial charge in [-0.25, -0.2) is 0 Å². The molecule has 126 valence electrons. The van der Waals surface area contributed by atoms with Crippen molar-refractivity contribution in [3.63, 3.8) is 0 Å². The van der Waals surface area contributed by atoms with Crippen LogP contribution in [0.3, 0.4) is 0 Å². The van der Waals surface area contributed by atoms with E-state index < -0.39 is 11.8 Å². The molecule has 1 fully saturated rings. The third-order valence-corrected chi connectivity index (χ3v) is 4.08. The van der Waals surface area contributed by atoms with Gasteiger partial charge in [-0.3, -0.25) is 9.59 Å². The zero-order valence-corrected chi connectivity index (χ0v) is 13.5. The van der Waals surface area contributed by atoms with Gasteiger partial charge in [-0.1, -0.05) is 5.16 Å². The van der Waals surface area contributed by atoms with Crippen molar-refractivity contribution < 1.29 is 14.1 Å². The number of rotatable bonds is 4. The molecule has 1 aliphatic heterocycles. The second kappa shape index (κ2) is 6.74. The minimum atomic E-state index is -0.536. The summed E-state index contributed by atoms with van der Waals surface area (Å²) in [5.41, 5.74) is 7.76. The van der Waals surface area contributed by atoms with Crippen molar-refractivity contribution in [3.8, 4) is 0 Å². The fourth-order valence-electron chi connectivity index (χ4n) is 2.85. The predicted molar refractivity (Wildman–Crippen MR) is 90.2 cm³/mol. The van der Waals surface area contributed by atoms with Crippen LogP contribution in [0.4, 0.5) is 11.4 Å². The van der Waals surface area contributed by atoms with Crippen LogP contribution in [0.5, 0.6) is 0 Å². The molecular formula is C17H20N4O3. The van der Waals surface area contributed by atoms with E-state index in [1.54, 1.807) is 25.1 Å². The fraction of sp³-hybridized carbons (Fsp3) is 0.353. The number of carbonyl (C=O) groups is 2. The van der Waals surface area contributed by atoms with Crippen LogP contribution in [0.25, 0.3) is 0 Å². The Bertz CT molecular complexity index is 763. The summed E-state index contributed by atoms with van der Waals surface area (Å²) in [5, 5.41) is 6.53. The summed E-state index contributed by atoms with van der Waals surface area (Å²) in [4.78, 5) is 26.0. The van der Waals surface area contributed by atoms with Gasteiger partial charge in [0.2, 0.25) is 11.7 Å². The highest BCUT2D eigenvalue weighted by Crippen LogP contribution is 2.30. The molecule has 0 unspecified atom stereocenters. The molecule has 1 aliphatic rings. The summed E-state index contributed by atoms with van der Waals surface area (Å²) in [6.07, 6.45) is 3.41. The quantitative estimate of drug-likeness (QED) is 0.897. The fourth-order valence-corrected chi connectivity index (χ4v) is 2.85. The molecule has 2 amide bonds. The molecule has 3 N–H and O–H groups in total. The maximum absolute atomic E-state index is 12.4. The Hall–Kier alpha value is -2.83. The number of hydrogen-bond donors (Lipinski definition) is 2. The Balaban J connectivity index is 1.91. The van der Waals surface area contributed by atoms with Gasteiger partial charge in [-0.05, 0) is 44.4 Å². The number of nitrogens with one attached hydrogen (secondary N) is 1. The molecule has 3 rings (SSSR count). The number of carbonyl (C=O) groups excluding carboxylic acids is 2. The number of hydrogen-bond acceptors (Lipinski definition) is 5. The Morgan fingerprint density at radius 2 is 1.96 bits per heavy atom. The molecule has 0 spiro atoms. The molecule has 2 aromatic rings. The van der Waals surface area contributed by atoms with Crippen molar-refractivity contribution in [2.24, 2.45) is 5.73 Å². The Morgan fingerprint density at radius 3 is 2.58 bits per heavy atom. The van der Waals surface area contributed by atoms with E-state index in [9.17, 15) is 9.59 Å². The highest BCUT2D eigenvalue weighted by molar-refractivity contribution is 6.05. The third-order valence-electron chi connectivity index (χ3n) is 4.08. The monoisotopic (exact) mass is 328 g/mol. The van der Waals surface area contributed by atoms with E-state index in [4.69, 9.17) is 10.3 Å². The van der Waals surface area contributed by atoms with Crippen LogP contribution >= 0.6 is 0 Å². The number of nitrogens with zero attached hydrogens (tertiary/aromatic N) is 2. The first-order valence-corrected chi connectivity index (χ1v) is 7.98. The van der Waals surface area contributed by atoms with Crippen molar-refractivity contribution >= 4 is 23.2 Å². The van der Waals surface area contributed by atoms with E-state index in [0.29, 0.717) is 16.9 Å². The molecule has 1 aromatic heterocycles. The SMILES string of the molecule is Cc1cc(C(=O)Nc2cc(C(N)=O)ccc2N2CCCCC2)on1. The molecule has 0 aliphatic carbocycles. The molecular weight excluding hydrogens is 308 g/mol. The lowest BCUT2D eigenvalue weighted by atomic mass is 10.1. The second-order valence-corrected chi connectivity index (χ2v) is 5.93. The summed E-state index contributed by atoms with van der Waals surface area (Å²) in [7, 11) is 0. The van der Waals surface area contributed by atoms with Gasteiger partial charge in [0.15, 0.2) is 0 Å². The van der Waals surface area contributed by atoms with Crippen LogP contribution in [-0.2, 0) is 0 Å². The van der Waals surface area contributed by atoms with Crippen molar-refractivity contribution in [1.82, 2.24) is 5.16 Å². The summed E-state index contributed by atoms with van der Waals surface area (Å²) in [5.74, 6) is -0.816. The number of piperidine rings is 1. The lowest BCUT2D eigenvalue weighted by molar-refractivity contribution is 0.0982. The number of primary amides is 1. The highest BCUT2D eigenvalue weighted by Gasteiger charge is 2.19. The van der Waals surface area contributed by atoms with E-state index in [2.05, 4.69) is 15.4 Å². The standard InChI is InChI=1S/C17H20N4O3/c1-11-9-15(24-20-11)17(23)19-13-10-12(16(18)22)5-6-14(13)21-7-3-2-4-8-21/h5-6,9-10H,2-4,7-8H2,1H3,(H2,18,22)(H,19,23). The molecule has 0 radical (unpaired) electrons. The number of aryl methyl sites for hydroxylation is 1. The largest absolute Gasteiger partial charge is 0.370 e. The lowest BCUT2D eigenvalue weighted by Crippen LogP contribution is -2.30. The Kier molecular flexibility index (Phi) is 4.50. The minimum absolute atomic E-state index is 0.126. The zero-order valence-electron chi connectivity index (χ0n) is 13.5. The molecule has 0 bridgehead atoms. The Morgan fingerprint density at radius 1 is 1.21 bits per heavy atom. The number of aromatic nitrogens is 1. The predicted octanol–water partition coefficient (Wildman–Crippen LogP) is 2.32. The van der Waals surface area contributed by atoms with E-state index in [1.807, 2.05) is 6.07 Å². The van der Waals surface area contributed by atoms with E-state index in [0.717, 1.165) is 31.6 Å². The van der Waals surface area contributed by atoms with Gasteiger partial charge in [-0.15, -0.1) is 0 Å². The van der Waals surface area contributed by atoms with E-state index in [-0.39, 0.29) is 5.76 Å². The maximum Gasteiger partial charge on any atom is 0.294 e. The molecule has 7 nitrogen and oxygen atoms in total. The smallest absolute Gasteiger partial charge is 0.294 e. The lowest BCUT2D eigenvalue weighted by Gasteiger charge is -2.30. The van der Waals surface area contributed by atoms with Gasteiger partial charge in [0.1, 0.15) is 0 Å². The summed E-state index contributed by atoms with van der Waals surface area (Å²) >= 11 is 0. The maximum atomic E-state index is 12.4. The van der Waals surface area contributed by atoms with Gasteiger partial charge in [0, 0.05) is 24.7 Å². The van der Waals surface area contributed by atoms with Gasteiger partial charge < -0.3 is 20.5 Å². The number of benzene rings is 1. The van der Waals surface area contributed by atoms with E-state index >= 15 is 0 Å². The minimum Gasteiger partial charge on any atom is -0.370 e. The van der Waals surface area contributed by atoms with Crippen LogP contribution in [-0.4, -0.2) is 30.1 Å². The van der Waals surface area contributed by atoms with Crippen molar-refractivity contribution in [2.75, 3.05) is 23.3 Å². The molecule has 2 heterocycles. The Labute approximate surface area is 139 Å². The average molecular weight is 328 g/mol. The average Bonchev–Trinajstić information content (AvgIpc) is 3.02. The summed E-state index contributed by atoms with van der Waals surface area (Å²) < 4.78 is 4.99. The van der Waals surface area contributed by atoms with Crippen LogP contribution in [0.2, 0.25) is 0 Å². The van der Waals surface area contributed by atoms with Gasteiger partial charge in [0.25, 0.3) is 5.91 Å². The van der Waals surface area contributed by atoms with Crippen molar-refractivity contribution in [3.05, 3.63) is 41.3 Å². The first kappa shape index (κ1) is 16.0. The zero-order chi connectivity index (χ0) is 17.1. The van der Waals surface area contributed by atoms with Gasteiger partial charge in [-0.2, -0.15) is 0 Å². The van der Waals surface area contributed by atoms with Gasteiger partial charge in [0.05, 0.1) is 17.1 Å². The number of nitrogens with two attached hydrogens (primary N) is 1. The number of anilines is 2. The van der Waals surface area contributed by atoms with Crippen molar-refractivity contribution in [2.45, 2.75) is 26.2 Å². The second-order valence-electron chi connectivity index (χ2n) is 5.93. The van der Waals surface area contributed by atoms with Crippen LogP contribution in [0, 0.1) is 6.92 Å². The summed E-state index contributed by atoms with van der Waals surface area (Å²) in [6, 6.07) is 6.68. The topological polar surface area (TPSA) is 101 Å². The van der Waals surface area contributed by atoms with Crippen LogP contribution in [0.15, 0.2) is 28.8 Å². The molecule has 24 heavy (non-hydrogen) atoms. The molecule has 0 saturated carbocycles. The molecule has 1 saturated heterocycles. The molecule has 1 aromatic carbocycles. The third kappa shape index (κ3) is 3.40. The molecule has 0 atom stereocenters. The molecule has 7 heteroatoms. The van der Waals surface area contributed by atoms with Crippen LogP contribution in [0.1, 0.15) is 45.9 Å². The number of amides is 2. The summed E-state index contributed by atoms with van der Waals surface area (Å²) in [6.45, 7) is 3.58. The van der Waals surface area contributed by atoms with E-state index in [1.165, 1.54) is 6.42 Å². The highest BCUT2D eigenvalue weighted by atomic mass is 16.5. The van der Waals surface area contributed by atoms with Gasteiger partial charge >= 0.3 is 0 Å². The first-order chi connectivity index (χ1) is 11.5.